The third-order valence-electron chi connectivity index (χ3n) is 6.99. The summed E-state index contributed by atoms with van der Waals surface area (Å²) in [6.07, 6.45) is 17.3. The molecule has 1 amide bonds. The zero-order valence-electron chi connectivity index (χ0n) is 22.8. The molecule has 2 N–H and O–H groups in total. The zero-order chi connectivity index (χ0) is 24.9. The quantitative estimate of drug-likeness (QED) is 0.394. The summed E-state index contributed by atoms with van der Waals surface area (Å²) in [5, 5.41) is 6.83. The van der Waals surface area contributed by atoms with Crippen molar-refractivity contribution in [2.45, 2.75) is 116 Å². The van der Waals surface area contributed by atoms with Crippen LogP contribution in [0.5, 0.6) is 0 Å². The maximum absolute atomic E-state index is 12.5. The Balaban J connectivity index is 2.27. The van der Waals surface area contributed by atoms with Gasteiger partial charge in [0.25, 0.3) is 0 Å². The molecule has 6 heteroatoms. The van der Waals surface area contributed by atoms with E-state index in [0.29, 0.717) is 12.2 Å². The van der Waals surface area contributed by atoms with Crippen molar-refractivity contribution in [1.82, 2.24) is 20.4 Å². The summed E-state index contributed by atoms with van der Waals surface area (Å²) in [6.45, 7) is 8.32. The Hall–Kier alpha value is -0.980. The first-order valence-electron chi connectivity index (χ1n) is 14.4. The molecule has 0 aromatic carbocycles. The third-order valence-corrected chi connectivity index (χ3v) is 6.99. The highest BCUT2D eigenvalue weighted by molar-refractivity contribution is 5.78. The van der Waals surface area contributed by atoms with Gasteiger partial charge in [-0.1, -0.05) is 45.4 Å². The Labute approximate surface area is 211 Å². The van der Waals surface area contributed by atoms with E-state index >= 15 is 0 Å². The van der Waals surface area contributed by atoms with Crippen LogP contribution in [0.4, 0.5) is 0 Å². The van der Waals surface area contributed by atoms with E-state index in [4.69, 9.17) is 0 Å². The highest BCUT2D eigenvalue weighted by atomic mass is 16.1. The minimum absolute atomic E-state index is 0.194. The van der Waals surface area contributed by atoms with Crippen LogP contribution in [-0.2, 0) is 9.59 Å². The normalized spacial score (nSPS) is 21.1. The number of hydrogen-bond donors (Lipinski definition) is 2. The topological polar surface area (TPSA) is 64.7 Å². The summed E-state index contributed by atoms with van der Waals surface area (Å²) in [5.74, 6) is 0.627. The number of hydrogen-bond acceptors (Lipinski definition) is 5. The molecule has 200 valence electrons. The number of Topliss-reactive ketones (excluding diaryl/α,β-unsaturated/α-hetero) is 1. The second-order valence-corrected chi connectivity index (χ2v) is 10.5. The number of ketones is 1. The average molecular weight is 481 g/mol. The summed E-state index contributed by atoms with van der Waals surface area (Å²) in [5.41, 5.74) is 0. The van der Waals surface area contributed by atoms with E-state index in [0.717, 1.165) is 77.7 Å². The summed E-state index contributed by atoms with van der Waals surface area (Å²) >= 11 is 0. The van der Waals surface area contributed by atoms with Gasteiger partial charge in [-0.2, -0.15) is 0 Å². The molecule has 1 aliphatic heterocycles. The standard InChI is InChI=1S/C28H56N4O2/c1-4-16-27(33)18-11-9-7-5-6-8-10-17-26-25-28(34)30-20-15-24-32(3)22-13-12-21-31(2)23-14-19-29-26/h26,29H,4-25H2,1-3H3,(H,30,34). The number of nitrogens with zero attached hydrogens (tertiary/aromatic N) is 2. The molecule has 0 aromatic rings. The van der Waals surface area contributed by atoms with Crippen molar-refractivity contribution in [1.29, 1.82) is 0 Å². The molecule has 0 aliphatic carbocycles. The fraction of sp³-hybridized carbons (Fsp3) is 0.929. The van der Waals surface area contributed by atoms with Gasteiger partial charge in [-0.3, -0.25) is 9.59 Å². The van der Waals surface area contributed by atoms with E-state index in [9.17, 15) is 9.59 Å². The molecule has 6 nitrogen and oxygen atoms in total. The van der Waals surface area contributed by atoms with Crippen molar-refractivity contribution in [2.24, 2.45) is 0 Å². The highest BCUT2D eigenvalue weighted by Gasteiger charge is 2.13. The van der Waals surface area contributed by atoms with Crippen LogP contribution in [-0.4, -0.2) is 80.9 Å². The van der Waals surface area contributed by atoms with E-state index in [-0.39, 0.29) is 11.9 Å². The van der Waals surface area contributed by atoms with Crippen molar-refractivity contribution in [3.8, 4) is 0 Å². The fourth-order valence-corrected chi connectivity index (χ4v) is 4.79. The van der Waals surface area contributed by atoms with Crippen LogP contribution in [0, 0.1) is 0 Å². The smallest absolute Gasteiger partial charge is 0.221 e. The van der Waals surface area contributed by atoms with Crippen molar-refractivity contribution >= 4 is 11.7 Å². The Morgan fingerprint density at radius 1 is 0.794 bits per heavy atom. The SMILES string of the molecule is CCCC(=O)CCCCCCCCCC1CC(=O)NCCCN(C)CCCCN(C)CCCN1. The van der Waals surface area contributed by atoms with Crippen molar-refractivity contribution in [3.05, 3.63) is 0 Å². The highest BCUT2D eigenvalue weighted by Crippen LogP contribution is 2.13. The predicted molar refractivity (Wildman–Crippen MR) is 144 cm³/mol. The first kappa shape index (κ1) is 31.1. The van der Waals surface area contributed by atoms with Crippen LogP contribution in [0.1, 0.15) is 110 Å². The largest absolute Gasteiger partial charge is 0.356 e. The van der Waals surface area contributed by atoms with Crippen molar-refractivity contribution < 1.29 is 9.59 Å². The summed E-state index contributed by atoms with van der Waals surface area (Å²) in [7, 11) is 4.42. The lowest BCUT2D eigenvalue weighted by molar-refractivity contribution is -0.121. The Morgan fingerprint density at radius 2 is 1.35 bits per heavy atom. The van der Waals surface area contributed by atoms with Crippen LogP contribution in [0.3, 0.4) is 0 Å². The first-order chi connectivity index (χ1) is 16.5. The fourth-order valence-electron chi connectivity index (χ4n) is 4.79. The van der Waals surface area contributed by atoms with Crippen LogP contribution < -0.4 is 10.6 Å². The molecule has 1 atom stereocenters. The van der Waals surface area contributed by atoms with Crippen molar-refractivity contribution in [3.63, 3.8) is 0 Å². The third kappa shape index (κ3) is 18.4. The lowest BCUT2D eigenvalue weighted by Crippen LogP contribution is -2.37. The van der Waals surface area contributed by atoms with E-state index in [2.05, 4.69) is 41.5 Å². The molecule has 1 fully saturated rings. The molecule has 1 unspecified atom stereocenters. The molecule has 1 heterocycles. The molecule has 34 heavy (non-hydrogen) atoms. The number of amides is 1. The first-order valence-corrected chi connectivity index (χ1v) is 14.4. The maximum atomic E-state index is 12.5. The second-order valence-electron chi connectivity index (χ2n) is 10.5. The van der Waals surface area contributed by atoms with E-state index in [1.807, 2.05) is 0 Å². The molecule has 0 radical (unpaired) electrons. The Kier molecular flexibility index (Phi) is 19.5. The molecule has 0 spiro atoms. The zero-order valence-corrected chi connectivity index (χ0v) is 22.8. The van der Waals surface area contributed by atoms with E-state index < -0.39 is 0 Å². The van der Waals surface area contributed by atoms with E-state index in [1.54, 1.807) is 0 Å². The Bertz CT molecular complexity index is 515. The maximum Gasteiger partial charge on any atom is 0.221 e. The van der Waals surface area contributed by atoms with Gasteiger partial charge in [-0.15, -0.1) is 0 Å². The summed E-state index contributed by atoms with van der Waals surface area (Å²) in [6, 6.07) is 0.285. The van der Waals surface area contributed by atoms with Crippen LogP contribution in [0.25, 0.3) is 0 Å². The minimum atomic E-state index is 0.194. The van der Waals surface area contributed by atoms with Gasteiger partial charge in [0.2, 0.25) is 5.91 Å². The van der Waals surface area contributed by atoms with Gasteiger partial charge in [-0.25, -0.2) is 0 Å². The number of carbonyl (C=O) groups is 2. The number of unbranched alkanes of at least 4 members (excludes halogenated alkanes) is 6. The van der Waals surface area contributed by atoms with Crippen LogP contribution >= 0.6 is 0 Å². The molecule has 1 aliphatic rings. The molecule has 1 rings (SSSR count). The van der Waals surface area contributed by atoms with Crippen LogP contribution in [0.15, 0.2) is 0 Å². The van der Waals surface area contributed by atoms with Gasteiger partial charge >= 0.3 is 0 Å². The summed E-state index contributed by atoms with van der Waals surface area (Å²) in [4.78, 5) is 28.9. The van der Waals surface area contributed by atoms with Crippen molar-refractivity contribution in [2.75, 3.05) is 53.4 Å². The van der Waals surface area contributed by atoms with Crippen LogP contribution in [0.2, 0.25) is 0 Å². The Morgan fingerprint density at radius 3 is 2.00 bits per heavy atom. The van der Waals surface area contributed by atoms with Gasteiger partial charge in [0.05, 0.1) is 0 Å². The van der Waals surface area contributed by atoms with E-state index in [1.165, 1.54) is 57.9 Å². The molecular weight excluding hydrogens is 424 g/mol. The summed E-state index contributed by atoms with van der Waals surface area (Å²) < 4.78 is 0. The lowest BCUT2D eigenvalue weighted by Gasteiger charge is -2.20. The predicted octanol–water partition coefficient (Wildman–Crippen LogP) is 4.77. The molecule has 0 bridgehead atoms. The monoisotopic (exact) mass is 480 g/mol. The van der Waals surface area contributed by atoms with Gasteiger partial charge in [0, 0.05) is 31.8 Å². The molecular formula is C28H56N4O2. The minimum Gasteiger partial charge on any atom is -0.356 e. The average Bonchev–Trinajstić information content (AvgIpc) is 2.80. The second kappa shape index (κ2) is 21.3. The van der Waals surface area contributed by atoms with Gasteiger partial charge in [0.15, 0.2) is 0 Å². The molecule has 0 aromatic heterocycles. The number of nitrogens with one attached hydrogen (secondary N) is 2. The van der Waals surface area contributed by atoms with Gasteiger partial charge < -0.3 is 20.4 Å². The number of rotatable bonds is 12. The molecule has 1 saturated heterocycles. The number of carbonyl (C=O) groups excluding carboxylic acids is 2. The van der Waals surface area contributed by atoms with Gasteiger partial charge in [-0.05, 0) is 91.8 Å². The molecule has 0 saturated carbocycles. The lowest BCUT2D eigenvalue weighted by atomic mass is 10.0. The van der Waals surface area contributed by atoms with Gasteiger partial charge in [0.1, 0.15) is 5.78 Å².